The molecule has 2 unspecified atom stereocenters. The van der Waals surface area contributed by atoms with Gasteiger partial charge in [-0.05, 0) is 26.7 Å². The Morgan fingerprint density at radius 1 is 0.565 bits per heavy atom. The first-order valence-electron chi connectivity index (χ1n) is 16.0. The number of hydrogen-bond acceptors (Lipinski definition) is 10. The lowest BCUT2D eigenvalue weighted by atomic mass is 10.1. The zero-order chi connectivity index (χ0) is 33.7. The standard InChI is InChI=1S/C30H48N10O6/c1-19(41)17-31-27-33-23-21(25(43)37(5)29(45)35(23)3)39(27)15-13-11-9-7-8-10-12-14-16-40-22-24(34-28(40)32-18-20(2)42)36(4)30(46)38(6)26(22)44/h19-20,41-42H,7-18H2,1-6H3,(H,31,33)(H,32,34). The SMILES string of the molecule is CC(O)CNc1nc2c(c(=O)n(C)c(=O)n2C)n1CCCCCCCCCCn1c(NCC(C)O)nc2c1c(=O)n(C)c(=O)n2C. The van der Waals surface area contributed by atoms with Crippen LogP contribution < -0.4 is 33.1 Å². The first-order chi connectivity index (χ1) is 21.8. The first-order valence-corrected chi connectivity index (χ1v) is 16.0. The third-order valence-electron chi connectivity index (χ3n) is 8.32. The van der Waals surface area contributed by atoms with E-state index in [-0.39, 0.29) is 13.1 Å². The zero-order valence-corrected chi connectivity index (χ0v) is 27.7. The average molecular weight is 645 g/mol. The lowest BCUT2D eigenvalue weighted by Crippen LogP contribution is -2.37. The van der Waals surface area contributed by atoms with Crippen molar-refractivity contribution in [3.63, 3.8) is 0 Å². The van der Waals surface area contributed by atoms with Gasteiger partial charge in [0, 0.05) is 54.4 Å². The number of imidazole rings is 2. The highest BCUT2D eigenvalue weighted by molar-refractivity contribution is 5.75. The fourth-order valence-electron chi connectivity index (χ4n) is 5.68. The number of anilines is 2. The van der Waals surface area contributed by atoms with Crippen molar-refractivity contribution in [3.05, 3.63) is 41.7 Å². The van der Waals surface area contributed by atoms with E-state index in [2.05, 4.69) is 20.6 Å². The van der Waals surface area contributed by atoms with E-state index in [9.17, 15) is 29.4 Å². The van der Waals surface area contributed by atoms with Gasteiger partial charge in [0.2, 0.25) is 11.9 Å². The largest absolute Gasteiger partial charge is 0.392 e. The summed E-state index contributed by atoms with van der Waals surface area (Å²) in [6, 6.07) is 0. The number of fused-ring (bicyclic) bond motifs is 2. The maximum absolute atomic E-state index is 13.0. The predicted molar refractivity (Wildman–Crippen MR) is 178 cm³/mol. The fourth-order valence-corrected chi connectivity index (χ4v) is 5.68. The molecule has 4 aromatic heterocycles. The molecule has 4 rings (SSSR count). The first kappa shape index (κ1) is 34.7. The molecule has 254 valence electrons. The Balaban J connectivity index is 1.29. The number of aryl methyl sites for hydroxylation is 4. The van der Waals surface area contributed by atoms with Crippen LogP contribution >= 0.6 is 0 Å². The Morgan fingerprint density at radius 3 is 1.22 bits per heavy atom. The highest BCUT2D eigenvalue weighted by Gasteiger charge is 2.20. The number of unbranched alkanes of at least 4 members (excludes halogenated alkanes) is 7. The third kappa shape index (κ3) is 7.28. The van der Waals surface area contributed by atoms with Crippen molar-refractivity contribution in [3.8, 4) is 0 Å². The molecule has 16 heteroatoms. The summed E-state index contributed by atoms with van der Waals surface area (Å²) in [6.45, 7) is 4.97. The van der Waals surface area contributed by atoms with Crippen LogP contribution in [0.3, 0.4) is 0 Å². The molecule has 0 aliphatic heterocycles. The molecule has 4 N–H and O–H groups in total. The van der Waals surface area contributed by atoms with Crippen LogP contribution in [0, 0.1) is 0 Å². The molecule has 0 bridgehead atoms. The highest BCUT2D eigenvalue weighted by atomic mass is 16.3. The van der Waals surface area contributed by atoms with Gasteiger partial charge in [0.25, 0.3) is 11.1 Å². The van der Waals surface area contributed by atoms with E-state index in [4.69, 9.17) is 0 Å². The maximum Gasteiger partial charge on any atom is 0.332 e. The molecule has 0 saturated carbocycles. The molecule has 0 fully saturated rings. The van der Waals surface area contributed by atoms with E-state index >= 15 is 0 Å². The maximum atomic E-state index is 13.0. The monoisotopic (exact) mass is 644 g/mol. The number of hydrogen-bond donors (Lipinski definition) is 4. The topological polar surface area (TPSA) is 188 Å². The van der Waals surface area contributed by atoms with Gasteiger partial charge in [0.1, 0.15) is 0 Å². The summed E-state index contributed by atoms with van der Waals surface area (Å²) in [7, 11) is 6.10. The second kappa shape index (κ2) is 14.9. The van der Waals surface area contributed by atoms with Gasteiger partial charge in [-0.1, -0.05) is 38.5 Å². The van der Waals surface area contributed by atoms with Crippen LogP contribution in [0.15, 0.2) is 19.2 Å². The van der Waals surface area contributed by atoms with Crippen LogP contribution in [0.4, 0.5) is 11.9 Å². The molecule has 0 aromatic carbocycles. The van der Waals surface area contributed by atoms with E-state index in [0.717, 1.165) is 60.5 Å². The Labute approximate surface area is 265 Å². The molecule has 4 aromatic rings. The summed E-state index contributed by atoms with van der Waals surface area (Å²) in [6.07, 6.45) is 6.56. The van der Waals surface area contributed by atoms with Gasteiger partial charge in [0.05, 0.1) is 12.2 Å². The molecule has 0 spiro atoms. The van der Waals surface area contributed by atoms with Gasteiger partial charge >= 0.3 is 11.4 Å². The molecule has 2 atom stereocenters. The molecule has 0 saturated heterocycles. The summed E-state index contributed by atoms with van der Waals surface area (Å²) in [4.78, 5) is 59.8. The zero-order valence-electron chi connectivity index (χ0n) is 27.7. The summed E-state index contributed by atoms with van der Waals surface area (Å²) >= 11 is 0. The molecule has 16 nitrogen and oxygen atoms in total. The minimum absolute atomic E-state index is 0.269. The van der Waals surface area contributed by atoms with Gasteiger partial charge < -0.3 is 30.0 Å². The summed E-state index contributed by atoms with van der Waals surface area (Å²) in [5.74, 6) is 0.924. The lowest BCUT2D eigenvalue weighted by Gasteiger charge is -2.12. The second-order valence-corrected chi connectivity index (χ2v) is 12.2. The molecule has 0 radical (unpaired) electrons. The van der Waals surface area contributed by atoms with Gasteiger partial charge in [-0.3, -0.25) is 27.9 Å². The fraction of sp³-hybridized carbons (Fsp3) is 0.667. The molecule has 46 heavy (non-hydrogen) atoms. The van der Waals surface area contributed by atoms with Crippen molar-refractivity contribution in [2.24, 2.45) is 28.2 Å². The van der Waals surface area contributed by atoms with Crippen LogP contribution in [-0.2, 0) is 41.3 Å². The Morgan fingerprint density at radius 2 is 0.891 bits per heavy atom. The predicted octanol–water partition coefficient (Wildman–Crippen LogP) is 0.587. The smallest absolute Gasteiger partial charge is 0.332 e. The van der Waals surface area contributed by atoms with Crippen molar-refractivity contribution < 1.29 is 10.2 Å². The van der Waals surface area contributed by atoms with Crippen molar-refractivity contribution in [1.29, 1.82) is 0 Å². The Hall–Kier alpha value is -4.18. The molecular weight excluding hydrogens is 596 g/mol. The van der Waals surface area contributed by atoms with Gasteiger partial charge in [-0.15, -0.1) is 0 Å². The second-order valence-electron chi connectivity index (χ2n) is 12.2. The van der Waals surface area contributed by atoms with E-state index in [0.29, 0.717) is 47.3 Å². The lowest BCUT2D eigenvalue weighted by molar-refractivity contribution is 0.207. The van der Waals surface area contributed by atoms with Crippen LogP contribution in [0.2, 0.25) is 0 Å². The minimum Gasteiger partial charge on any atom is -0.392 e. The van der Waals surface area contributed by atoms with Crippen molar-refractivity contribution >= 4 is 34.2 Å². The number of aromatic nitrogens is 8. The quantitative estimate of drug-likeness (QED) is 0.118. The van der Waals surface area contributed by atoms with Crippen molar-refractivity contribution in [2.75, 3.05) is 23.7 Å². The number of rotatable bonds is 17. The molecule has 0 aliphatic carbocycles. The number of nitrogens with zero attached hydrogens (tertiary/aromatic N) is 8. The van der Waals surface area contributed by atoms with Crippen LogP contribution in [-0.4, -0.2) is 72.9 Å². The van der Waals surface area contributed by atoms with Gasteiger partial charge in [0.15, 0.2) is 22.3 Å². The van der Waals surface area contributed by atoms with E-state index in [1.54, 1.807) is 27.9 Å². The summed E-state index contributed by atoms with van der Waals surface area (Å²) < 4.78 is 8.53. The van der Waals surface area contributed by atoms with E-state index < -0.39 is 34.7 Å². The summed E-state index contributed by atoms with van der Waals surface area (Å²) in [5.41, 5.74) is -0.288. The molecule has 0 aliphatic rings. The van der Waals surface area contributed by atoms with Crippen molar-refractivity contribution in [2.45, 2.75) is 90.5 Å². The minimum atomic E-state index is -0.601. The van der Waals surface area contributed by atoms with E-state index in [1.165, 1.54) is 23.2 Å². The Bertz CT molecular complexity index is 1770. The highest BCUT2D eigenvalue weighted by Crippen LogP contribution is 2.20. The van der Waals surface area contributed by atoms with Gasteiger partial charge in [-0.2, -0.15) is 9.97 Å². The van der Waals surface area contributed by atoms with E-state index in [1.807, 2.05) is 9.13 Å². The normalized spacial score (nSPS) is 13.1. The molecule has 0 amide bonds. The van der Waals surface area contributed by atoms with Gasteiger partial charge in [-0.25, -0.2) is 9.59 Å². The third-order valence-corrected chi connectivity index (χ3v) is 8.32. The summed E-state index contributed by atoms with van der Waals surface area (Å²) in [5, 5.41) is 25.7. The number of aliphatic hydroxyl groups is 2. The van der Waals surface area contributed by atoms with Crippen LogP contribution in [0.25, 0.3) is 22.3 Å². The van der Waals surface area contributed by atoms with Crippen molar-refractivity contribution in [1.82, 2.24) is 37.4 Å². The number of nitrogens with one attached hydrogen (secondary N) is 2. The van der Waals surface area contributed by atoms with Crippen LogP contribution in [0.5, 0.6) is 0 Å². The molecular formula is C30H48N10O6. The average Bonchev–Trinajstić information content (AvgIpc) is 3.58. The number of aliphatic hydroxyl groups excluding tert-OH is 2. The Kier molecular flexibility index (Phi) is 11.3. The molecule has 4 heterocycles. The van der Waals surface area contributed by atoms with Crippen LogP contribution in [0.1, 0.15) is 65.2 Å².